The van der Waals surface area contributed by atoms with Gasteiger partial charge in [-0.2, -0.15) is 5.10 Å². The fourth-order valence-corrected chi connectivity index (χ4v) is 3.88. The Balaban J connectivity index is 1.47. The number of carbonyl (C=O) groups excluding carboxylic acids is 1. The topological polar surface area (TPSA) is 86.4 Å². The predicted molar refractivity (Wildman–Crippen MR) is 124 cm³/mol. The molecule has 33 heavy (non-hydrogen) atoms. The number of aromatic nitrogens is 2. The van der Waals surface area contributed by atoms with Crippen LogP contribution < -0.4 is 15.7 Å². The molecule has 8 heteroatoms. The molecule has 2 heterocycles. The summed E-state index contributed by atoms with van der Waals surface area (Å²) >= 11 is 0. The Kier molecular flexibility index (Phi) is 6.00. The Morgan fingerprint density at radius 1 is 1.15 bits per heavy atom. The highest BCUT2D eigenvalue weighted by molar-refractivity contribution is 5.91. The Bertz CT molecular complexity index is 1420. The molecule has 1 amide bonds. The number of benzene rings is 2. The summed E-state index contributed by atoms with van der Waals surface area (Å²) in [4.78, 5) is 25.0. The van der Waals surface area contributed by atoms with Crippen molar-refractivity contribution < 1.29 is 18.3 Å². The van der Waals surface area contributed by atoms with Gasteiger partial charge in [0.1, 0.15) is 17.0 Å². The van der Waals surface area contributed by atoms with E-state index in [1.165, 1.54) is 17.9 Å². The summed E-state index contributed by atoms with van der Waals surface area (Å²) < 4.78 is 26.8. The van der Waals surface area contributed by atoms with Crippen LogP contribution in [-0.4, -0.2) is 22.8 Å². The summed E-state index contributed by atoms with van der Waals surface area (Å²) in [5.41, 5.74) is 3.38. The third-order valence-corrected chi connectivity index (χ3v) is 5.57. The molecular weight excluding hydrogens is 425 g/mol. The number of hydrogen-bond donors (Lipinski definition) is 1. The number of ether oxygens (including phenoxy) is 1. The number of methoxy groups -OCH3 is 1. The molecule has 1 N–H and O–H groups in total. The summed E-state index contributed by atoms with van der Waals surface area (Å²) in [5.74, 6) is -0.240. The lowest BCUT2D eigenvalue weighted by atomic mass is 10.0. The second-order valence-electron chi connectivity index (χ2n) is 7.91. The van der Waals surface area contributed by atoms with E-state index >= 15 is 0 Å². The van der Waals surface area contributed by atoms with E-state index < -0.39 is 11.4 Å². The molecule has 0 aliphatic carbocycles. The third kappa shape index (κ3) is 4.50. The van der Waals surface area contributed by atoms with Crippen LogP contribution in [0.4, 0.5) is 10.1 Å². The van der Waals surface area contributed by atoms with Gasteiger partial charge in [0.15, 0.2) is 5.82 Å². The van der Waals surface area contributed by atoms with E-state index in [0.29, 0.717) is 28.3 Å². The van der Waals surface area contributed by atoms with E-state index in [1.54, 1.807) is 24.3 Å². The first kappa shape index (κ1) is 22.3. The Morgan fingerprint density at radius 3 is 2.61 bits per heavy atom. The van der Waals surface area contributed by atoms with E-state index in [-0.39, 0.29) is 18.7 Å². The van der Waals surface area contributed by atoms with Crippen LogP contribution in [0.25, 0.3) is 16.7 Å². The zero-order valence-electron chi connectivity index (χ0n) is 18.9. The first-order valence-electron chi connectivity index (χ1n) is 10.5. The summed E-state index contributed by atoms with van der Waals surface area (Å²) in [6, 6.07) is 11.6. The highest BCUT2D eigenvalue weighted by atomic mass is 19.1. The first-order chi connectivity index (χ1) is 15.8. The number of hydrogen-bond acceptors (Lipinski definition) is 5. The summed E-state index contributed by atoms with van der Waals surface area (Å²) in [5, 5.41) is 7.76. The Hall–Kier alpha value is -3.94. The average molecular weight is 449 g/mol. The van der Waals surface area contributed by atoms with Gasteiger partial charge in [0.25, 0.3) is 0 Å². The fraction of sp³-hybridized carbons (Fsp3) is 0.240. The maximum Gasteiger partial charge on any atom is 0.339 e. The van der Waals surface area contributed by atoms with Crippen molar-refractivity contribution in [3.63, 3.8) is 0 Å². The number of nitrogens with one attached hydrogen (secondary N) is 1. The zero-order valence-corrected chi connectivity index (χ0v) is 18.9. The van der Waals surface area contributed by atoms with Gasteiger partial charge < -0.3 is 14.5 Å². The van der Waals surface area contributed by atoms with Crippen molar-refractivity contribution in [2.75, 3.05) is 12.4 Å². The van der Waals surface area contributed by atoms with Crippen LogP contribution >= 0.6 is 0 Å². The highest BCUT2D eigenvalue weighted by Gasteiger charge is 2.15. The van der Waals surface area contributed by atoms with Gasteiger partial charge in [0, 0.05) is 34.8 Å². The summed E-state index contributed by atoms with van der Waals surface area (Å²) in [6.45, 7) is 5.51. The number of nitrogens with zero attached hydrogens (tertiary/aromatic N) is 2. The van der Waals surface area contributed by atoms with Crippen molar-refractivity contribution in [2.24, 2.45) is 0 Å². The van der Waals surface area contributed by atoms with Gasteiger partial charge in [0.2, 0.25) is 5.91 Å². The van der Waals surface area contributed by atoms with E-state index in [1.807, 2.05) is 32.9 Å². The van der Waals surface area contributed by atoms with Crippen LogP contribution in [0.1, 0.15) is 28.9 Å². The quantitative estimate of drug-likeness (QED) is 0.434. The molecule has 4 aromatic rings. The minimum absolute atomic E-state index is 0.0497. The Morgan fingerprint density at radius 2 is 1.94 bits per heavy atom. The normalized spacial score (nSPS) is 11.1. The second-order valence-corrected chi connectivity index (χ2v) is 7.91. The lowest BCUT2D eigenvalue weighted by molar-refractivity contribution is -0.116. The maximum atomic E-state index is 14.7. The van der Waals surface area contributed by atoms with E-state index in [4.69, 9.17) is 9.15 Å². The number of amides is 1. The molecule has 0 saturated heterocycles. The van der Waals surface area contributed by atoms with Crippen molar-refractivity contribution >= 4 is 22.6 Å². The van der Waals surface area contributed by atoms with E-state index in [0.717, 1.165) is 22.3 Å². The lowest BCUT2D eigenvalue weighted by Gasteiger charge is -2.11. The van der Waals surface area contributed by atoms with Crippen molar-refractivity contribution in [1.82, 2.24) is 9.78 Å². The third-order valence-electron chi connectivity index (χ3n) is 5.57. The molecule has 0 spiro atoms. The molecule has 0 aliphatic rings. The number of anilines is 1. The molecule has 0 bridgehead atoms. The van der Waals surface area contributed by atoms with Gasteiger partial charge in [-0.05, 0) is 69.2 Å². The van der Waals surface area contributed by atoms with Crippen molar-refractivity contribution in [2.45, 2.75) is 33.6 Å². The van der Waals surface area contributed by atoms with Crippen LogP contribution in [0, 0.1) is 26.6 Å². The molecule has 0 radical (unpaired) electrons. The number of fused-ring (bicyclic) bond motifs is 1. The van der Waals surface area contributed by atoms with Crippen molar-refractivity contribution in [1.29, 1.82) is 0 Å². The number of halogens is 1. The molecule has 7 nitrogen and oxygen atoms in total. The van der Waals surface area contributed by atoms with Gasteiger partial charge in [-0.3, -0.25) is 4.79 Å². The molecule has 2 aromatic heterocycles. The number of carbonyl (C=O) groups is 1. The monoisotopic (exact) mass is 449 g/mol. The molecule has 2 aromatic carbocycles. The molecule has 0 atom stereocenters. The lowest BCUT2D eigenvalue weighted by Crippen LogP contribution is -2.17. The SMILES string of the molecule is COc1ccc2c(C)c(CCC(=O)Nc3ccc(-n4nc(C)cc4C)c(F)c3)c(=O)oc2c1. The molecule has 0 unspecified atom stereocenters. The number of rotatable bonds is 6. The molecule has 0 saturated carbocycles. The van der Waals surface area contributed by atoms with Crippen LogP contribution in [0.5, 0.6) is 5.75 Å². The van der Waals surface area contributed by atoms with Gasteiger partial charge in [-0.1, -0.05) is 0 Å². The minimum atomic E-state index is -0.500. The number of aryl methyl sites for hydroxylation is 3. The van der Waals surface area contributed by atoms with Gasteiger partial charge in [0.05, 0.1) is 12.8 Å². The van der Waals surface area contributed by atoms with E-state index in [9.17, 15) is 14.0 Å². The van der Waals surface area contributed by atoms with Crippen molar-refractivity contribution in [3.8, 4) is 11.4 Å². The summed E-state index contributed by atoms with van der Waals surface area (Å²) in [6.07, 6.45) is 0.252. The van der Waals surface area contributed by atoms with Crippen LogP contribution in [-0.2, 0) is 11.2 Å². The average Bonchev–Trinajstić information content (AvgIpc) is 3.10. The highest BCUT2D eigenvalue weighted by Crippen LogP contribution is 2.25. The first-order valence-corrected chi connectivity index (χ1v) is 10.5. The fourth-order valence-electron chi connectivity index (χ4n) is 3.88. The maximum absolute atomic E-state index is 14.7. The van der Waals surface area contributed by atoms with Gasteiger partial charge in [-0.15, -0.1) is 0 Å². The zero-order chi connectivity index (χ0) is 23.7. The van der Waals surface area contributed by atoms with Gasteiger partial charge >= 0.3 is 5.63 Å². The molecule has 170 valence electrons. The van der Waals surface area contributed by atoms with Crippen LogP contribution in [0.2, 0.25) is 0 Å². The minimum Gasteiger partial charge on any atom is -0.497 e. The van der Waals surface area contributed by atoms with Crippen LogP contribution in [0.15, 0.2) is 51.7 Å². The molecular formula is C25H24FN3O4. The second kappa shape index (κ2) is 8.90. The summed E-state index contributed by atoms with van der Waals surface area (Å²) in [7, 11) is 1.54. The largest absolute Gasteiger partial charge is 0.497 e. The smallest absolute Gasteiger partial charge is 0.339 e. The standard InChI is InChI=1S/C25H24FN3O4/c1-14-11-15(2)29(28-14)22-9-5-17(12-21(22)26)27-24(30)10-8-20-16(3)19-7-6-18(32-4)13-23(19)33-25(20)31/h5-7,9,11-13H,8,10H2,1-4H3,(H,27,30). The molecule has 0 fully saturated rings. The Labute approximate surface area is 189 Å². The predicted octanol–water partition coefficient (Wildman–Crippen LogP) is 4.62. The van der Waals surface area contributed by atoms with E-state index in [2.05, 4.69) is 10.4 Å². The van der Waals surface area contributed by atoms with Gasteiger partial charge in [-0.25, -0.2) is 13.9 Å². The van der Waals surface area contributed by atoms with Crippen LogP contribution in [0.3, 0.4) is 0 Å². The molecule has 0 aliphatic heterocycles. The van der Waals surface area contributed by atoms with Crippen molar-refractivity contribution in [3.05, 3.63) is 81.2 Å². The molecule has 4 rings (SSSR count).